The lowest BCUT2D eigenvalue weighted by Crippen LogP contribution is -2.37. The molecule has 8 heteroatoms. The largest absolute Gasteiger partial charge is 0.497 e. The van der Waals surface area contributed by atoms with Crippen molar-refractivity contribution in [1.82, 2.24) is 9.88 Å². The van der Waals surface area contributed by atoms with Gasteiger partial charge in [-0.05, 0) is 73.2 Å². The molecule has 168 valence electrons. The van der Waals surface area contributed by atoms with E-state index in [0.29, 0.717) is 28.8 Å². The number of amides is 2. The predicted octanol–water partition coefficient (Wildman–Crippen LogP) is 3.93. The summed E-state index contributed by atoms with van der Waals surface area (Å²) in [5, 5.41) is 3.24. The monoisotopic (exact) mass is 460 g/mol. The molecule has 1 N–H and O–H groups in total. The van der Waals surface area contributed by atoms with Crippen LogP contribution in [0.3, 0.4) is 0 Å². The minimum Gasteiger partial charge on any atom is -0.497 e. The zero-order valence-corrected chi connectivity index (χ0v) is 19.2. The Balaban J connectivity index is 1.59. The smallest absolute Gasteiger partial charge is 0.256 e. The van der Waals surface area contributed by atoms with Crippen molar-refractivity contribution in [2.24, 2.45) is 0 Å². The van der Waals surface area contributed by atoms with Gasteiger partial charge < -0.3 is 15.0 Å². The molecule has 0 bridgehead atoms. The highest BCUT2D eigenvalue weighted by Gasteiger charge is 2.44. The van der Waals surface area contributed by atoms with Crippen LogP contribution in [0.1, 0.15) is 17.5 Å². The van der Waals surface area contributed by atoms with Crippen molar-refractivity contribution in [2.45, 2.75) is 25.9 Å². The van der Waals surface area contributed by atoms with Crippen molar-refractivity contribution in [2.75, 3.05) is 17.3 Å². The summed E-state index contributed by atoms with van der Waals surface area (Å²) in [6.07, 6.45) is 3.36. The first kappa shape index (κ1) is 22.4. The van der Waals surface area contributed by atoms with E-state index >= 15 is 0 Å². The van der Waals surface area contributed by atoms with Gasteiger partial charge in [0, 0.05) is 24.6 Å². The number of thiocarbonyl (C=S) groups is 1. The van der Waals surface area contributed by atoms with Crippen molar-refractivity contribution >= 4 is 40.5 Å². The summed E-state index contributed by atoms with van der Waals surface area (Å²) in [5.74, 6) is 0.188. The molecule has 1 fully saturated rings. The van der Waals surface area contributed by atoms with E-state index in [1.165, 1.54) is 4.90 Å². The Bertz CT molecular complexity index is 1150. The van der Waals surface area contributed by atoms with Crippen LogP contribution in [0.15, 0.2) is 73.1 Å². The van der Waals surface area contributed by atoms with Crippen LogP contribution in [-0.4, -0.2) is 40.0 Å². The Morgan fingerprint density at radius 3 is 2.36 bits per heavy atom. The van der Waals surface area contributed by atoms with Gasteiger partial charge in [-0.15, -0.1) is 0 Å². The van der Waals surface area contributed by atoms with E-state index in [1.54, 1.807) is 48.7 Å². The van der Waals surface area contributed by atoms with Crippen molar-refractivity contribution in [3.63, 3.8) is 0 Å². The number of ether oxygens (including phenoxy) is 1. The van der Waals surface area contributed by atoms with Gasteiger partial charge in [0.25, 0.3) is 5.91 Å². The fraction of sp³-hybridized carbons (Fsp3) is 0.200. The van der Waals surface area contributed by atoms with Crippen LogP contribution in [-0.2, 0) is 16.1 Å². The van der Waals surface area contributed by atoms with Crippen LogP contribution in [0.25, 0.3) is 0 Å². The Morgan fingerprint density at radius 1 is 1.06 bits per heavy atom. The number of rotatable bonds is 7. The van der Waals surface area contributed by atoms with Crippen LogP contribution in [0, 0.1) is 6.92 Å². The Hall–Kier alpha value is -3.78. The Morgan fingerprint density at radius 2 is 1.73 bits per heavy atom. The van der Waals surface area contributed by atoms with Crippen LogP contribution in [0.4, 0.5) is 11.4 Å². The van der Waals surface area contributed by atoms with Crippen LogP contribution in [0.2, 0.25) is 0 Å². The second-order valence-corrected chi connectivity index (χ2v) is 8.14. The molecule has 1 saturated heterocycles. The number of aryl methyl sites for hydroxylation is 1. The summed E-state index contributed by atoms with van der Waals surface area (Å²) < 4.78 is 5.22. The van der Waals surface area contributed by atoms with Gasteiger partial charge in [0.2, 0.25) is 5.91 Å². The number of aromatic nitrogens is 1. The first-order valence-corrected chi connectivity index (χ1v) is 10.9. The van der Waals surface area contributed by atoms with Crippen molar-refractivity contribution in [3.05, 3.63) is 84.2 Å². The number of hydrogen-bond donors (Lipinski definition) is 1. The molecule has 0 spiro atoms. The maximum Gasteiger partial charge on any atom is 0.256 e. The van der Waals surface area contributed by atoms with E-state index in [0.717, 1.165) is 11.1 Å². The quantitative estimate of drug-likeness (QED) is 0.539. The van der Waals surface area contributed by atoms with Gasteiger partial charge in [-0.2, -0.15) is 0 Å². The van der Waals surface area contributed by atoms with E-state index in [2.05, 4.69) is 10.3 Å². The number of benzene rings is 2. The van der Waals surface area contributed by atoms with Gasteiger partial charge in [0.1, 0.15) is 11.8 Å². The second-order valence-electron chi connectivity index (χ2n) is 7.77. The predicted molar refractivity (Wildman–Crippen MR) is 131 cm³/mol. The zero-order chi connectivity index (χ0) is 23.4. The lowest BCUT2D eigenvalue weighted by atomic mass is 10.1. The molecule has 1 atom stereocenters. The maximum atomic E-state index is 13.5. The molecule has 1 unspecified atom stereocenters. The number of anilines is 2. The number of nitrogens with zero attached hydrogens (tertiary/aromatic N) is 3. The summed E-state index contributed by atoms with van der Waals surface area (Å²) >= 11 is 5.71. The van der Waals surface area contributed by atoms with Crippen molar-refractivity contribution in [1.29, 1.82) is 0 Å². The summed E-state index contributed by atoms with van der Waals surface area (Å²) in [4.78, 5) is 33.7. The van der Waals surface area contributed by atoms with Crippen molar-refractivity contribution < 1.29 is 14.3 Å². The topological polar surface area (TPSA) is 74.8 Å². The molecule has 1 aliphatic rings. The third-order valence-corrected chi connectivity index (χ3v) is 5.88. The average molecular weight is 461 g/mol. The number of nitrogens with one attached hydrogen (secondary N) is 1. The maximum absolute atomic E-state index is 13.5. The fourth-order valence-electron chi connectivity index (χ4n) is 3.69. The van der Waals surface area contributed by atoms with Crippen molar-refractivity contribution in [3.8, 4) is 5.75 Å². The van der Waals surface area contributed by atoms with E-state index < -0.39 is 6.04 Å². The molecule has 3 aromatic rings. The molecular formula is C25H24N4O3S. The van der Waals surface area contributed by atoms with E-state index in [1.807, 2.05) is 43.3 Å². The second kappa shape index (κ2) is 9.79. The highest BCUT2D eigenvalue weighted by atomic mass is 32.1. The lowest BCUT2D eigenvalue weighted by Gasteiger charge is -2.24. The number of methoxy groups -OCH3 is 1. The van der Waals surface area contributed by atoms with Crippen LogP contribution >= 0.6 is 12.2 Å². The first-order chi connectivity index (χ1) is 16.0. The minimum absolute atomic E-state index is 0.0232. The normalized spacial score (nSPS) is 15.6. The molecule has 2 amide bonds. The molecule has 2 aromatic carbocycles. The van der Waals surface area contributed by atoms with E-state index in [-0.39, 0.29) is 18.2 Å². The highest BCUT2D eigenvalue weighted by Crippen LogP contribution is 2.30. The third kappa shape index (κ3) is 5.01. The van der Waals surface area contributed by atoms with Gasteiger partial charge in [-0.3, -0.25) is 19.5 Å². The highest BCUT2D eigenvalue weighted by molar-refractivity contribution is 7.80. The van der Waals surface area contributed by atoms with Gasteiger partial charge in [-0.1, -0.05) is 17.7 Å². The standard InChI is InChI=1S/C25H24N4O3S/c1-17-3-5-19(6-4-17)27-23(30)15-22-24(31)29(20-7-9-21(32-2)10-8-20)25(33)28(22)16-18-11-13-26-14-12-18/h3-14,22H,15-16H2,1-2H3,(H,27,30). The Labute approximate surface area is 198 Å². The van der Waals surface area contributed by atoms with Gasteiger partial charge in [0.15, 0.2) is 5.11 Å². The number of pyridine rings is 1. The number of carbonyl (C=O) groups is 2. The zero-order valence-electron chi connectivity index (χ0n) is 18.4. The first-order valence-electron chi connectivity index (χ1n) is 10.5. The molecule has 0 radical (unpaired) electrons. The molecule has 0 saturated carbocycles. The molecule has 1 aromatic heterocycles. The van der Waals surface area contributed by atoms with Crippen LogP contribution < -0.4 is 15.0 Å². The molecular weight excluding hydrogens is 436 g/mol. The van der Waals surface area contributed by atoms with E-state index in [4.69, 9.17) is 17.0 Å². The van der Waals surface area contributed by atoms with Gasteiger partial charge in [0.05, 0.1) is 19.2 Å². The summed E-state index contributed by atoms with van der Waals surface area (Å²) in [6, 6.07) is 17.6. The van der Waals surface area contributed by atoms with Gasteiger partial charge in [-0.25, -0.2) is 0 Å². The molecule has 2 heterocycles. The lowest BCUT2D eigenvalue weighted by molar-refractivity contribution is -0.124. The number of hydrogen-bond acceptors (Lipinski definition) is 5. The molecule has 0 aliphatic carbocycles. The van der Waals surface area contributed by atoms with E-state index in [9.17, 15) is 9.59 Å². The Kier molecular flexibility index (Phi) is 6.65. The fourth-order valence-corrected chi connectivity index (χ4v) is 4.08. The molecule has 4 rings (SSSR count). The minimum atomic E-state index is -0.724. The summed E-state index contributed by atoms with van der Waals surface area (Å²) in [6.45, 7) is 2.37. The average Bonchev–Trinajstić information content (AvgIpc) is 3.05. The summed E-state index contributed by atoms with van der Waals surface area (Å²) in [5.41, 5.74) is 3.36. The third-order valence-electron chi connectivity index (χ3n) is 5.47. The molecule has 33 heavy (non-hydrogen) atoms. The van der Waals surface area contributed by atoms with Crippen LogP contribution in [0.5, 0.6) is 5.75 Å². The molecule has 7 nitrogen and oxygen atoms in total. The summed E-state index contributed by atoms with van der Waals surface area (Å²) in [7, 11) is 1.58. The number of carbonyl (C=O) groups excluding carboxylic acids is 2. The van der Waals surface area contributed by atoms with Gasteiger partial charge >= 0.3 is 0 Å². The SMILES string of the molecule is COc1ccc(N2C(=O)C(CC(=O)Nc3ccc(C)cc3)N(Cc3ccncc3)C2=S)cc1. The molecule has 1 aliphatic heterocycles.